The highest BCUT2D eigenvalue weighted by Crippen LogP contribution is 2.54. The molecule has 1 aliphatic carbocycles. The second-order valence-corrected chi connectivity index (χ2v) is 8.26. The fourth-order valence-electron chi connectivity index (χ4n) is 4.55. The van der Waals surface area contributed by atoms with Gasteiger partial charge in [-0.05, 0) is 60.4 Å². The molecule has 6 heteroatoms. The highest BCUT2D eigenvalue weighted by molar-refractivity contribution is 5.80. The number of halogens is 2. The van der Waals surface area contributed by atoms with Gasteiger partial charge in [-0.2, -0.15) is 0 Å². The fourth-order valence-corrected chi connectivity index (χ4v) is 4.55. The first-order chi connectivity index (χ1) is 16.6. The minimum Gasteiger partial charge on any atom is -0.300 e. The van der Waals surface area contributed by atoms with E-state index in [9.17, 15) is 13.6 Å². The second kappa shape index (κ2) is 8.45. The summed E-state index contributed by atoms with van der Waals surface area (Å²) in [7, 11) is 0. The molecule has 1 saturated carbocycles. The number of hydrogen-bond donors (Lipinski definition) is 0. The summed E-state index contributed by atoms with van der Waals surface area (Å²) in [5.41, 5.74) is 3.96. The lowest BCUT2D eigenvalue weighted by Gasteiger charge is -2.17. The molecule has 1 aliphatic rings. The van der Waals surface area contributed by atoms with Crippen LogP contribution in [0, 0.1) is 11.6 Å². The third-order valence-corrected chi connectivity index (χ3v) is 6.42. The lowest BCUT2D eigenvalue weighted by Crippen LogP contribution is -2.12. The molecule has 0 atom stereocenters. The number of rotatable bonds is 4. The Kier molecular flexibility index (Phi) is 5.44. The van der Waals surface area contributed by atoms with E-state index in [4.69, 9.17) is 0 Å². The van der Waals surface area contributed by atoms with Crippen LogP contribution in [0.5, 0.6) is 0 Å². The molecule has 0 amide bonds. The molecule has 0 unspecified atom stereocenters. The van der Waals surface area contributed by atoms with E-state index < -0.39 is 11.6 Å². The largest absolute Gasteiger partial charge is 0.300 e. The van der Waals surface area contributed by atoms with E-state index >= 15 is 0 Å². The van der Waals surface area contributed by atoms with Crippen LogP contribution >= 0.6 is 0 Å². The van der Waals surface area contributed by atoms with Crippen molar-refractivity contribution in [2.45, 2.75) is 32.1 Å². The van der Waals surface area contributed by atoms with Crippen molar-refractivity contribution in [3.8, 4) is 11.1 Å². The third kappa shape index (κ3) is 3.46. The monoisotopic (exact) mass is 455 g/mol. The zero-order chi connectivity index (χ0) is 23.9. The van der Waals surface area contributed by atoms with Crippen LogP contribution in [0.25, 0.3) is 27.7 Å². The summed E-state index contributed by atoms with van der Waals surface area (Å²) in [4.78, 5) is 19.7. The molecule has 6 rings (SSSR count). The number of aromatic nitrogens is 3. The van der Waals surface area contributed by atoms with Crippen molar-refractivity contribution in [2.75, 3.05) is 0 Å². The van der Waals surface area contributed by atoms with E-state index in [1.165, 1.54) is 18.2 Å². The maximum absolute atomic E-state index is 15.0. The van der Waals surface area contributed by atoms with E-state index in [0.29, 0.717) is 17.4 Å². The van der Waals surface area contributed by atoms with E-state index in [1.807, 2.05) is 32.0 Å². The zero-order valence-electron chi connectivity index (χ0n) is 18.9. The first-order valence-corrected chi connectivity index (χ1v) is 11.4. The van der Waals surface area contributed by atoms with Gasteiger partial charge in [0, 0.05) is 28.8 Å². The van der Waals surface area contributed by atoms with Crippen molar-refractivity contribution < 1.29 is 13.6 Å². The zero-order valence-corrected chi connectivity index (χ0v) is 18.9. The Morgan fingerprint density at radius 3 is 2.47 bits per heavy atom. The molecule has 3 aromatic heterocycles. The minimum atomic E-state index is -0.632. The van der Waals surface area contributed by atoms with Gasteiger partial charge in [-0.3, -0.25) is 9.78 Å². The molecule has 3 heterocycles. The molecular formula is C28H23F2N3O. The van der Waals surface area contributed by atoms with Crippen LogP contribution in [0.3, 0.4) is 0 Å². The van der Waals surface area contributed by atoms with Crippen LogP contribution in [0.4, 0.5) is 8.78 Å². The predicted molar refractivity (Wildman–Crippen MR) is 129 cm³/mol. The molecule has 34 heavy (non-hydrogen) atoms. The van der Waals surface area contributed by atoms with Crippen molar-refractivity contribution in [2.24, 2.45) is 0 Å². The van der Waals surface area contributed by atoms with E-state index in [2.05, 4.69) is 22.1 Å². The van der Waals surface area contributed by atoms with Gasteiger partial charge in [0.05, 0.1) is 23.0 Å². The number of imidazole rings is 1. The van der Waals surface area contributed by atoms with Crippen molar-refractivity contribution in [1.82, 2.24) is 14.4 Å². The van der Waals surface area contributed by atoms with Gasteiger partial charge in [-0.1, -0.05) is 32.0 Å². The van der Waals surface area contributed by atoms with Crippen LogP contribution in [-0.4, -0.2) is 20.7 Å². The average Bonchev–Trinajstić information content (AvgIpc) is 3.56. The molecule has 0 aliphatic heterocycles. The molecule has 0 spiro atoms. The van der Waals surface area contributed by atoms with E-state index in [-0.39, 0.29) is 16.6 Å². The van der Waals surface area contributed by atoms with Gasteiger partial charge in [0.25, 0.3) is 0 Å². The van der Waals surface area contributed by atoms with Crippen LogP contribution < -0.4 is 0 Å². The molecule has 170 valence electrons. The molecule has 4 nitrogen and oxygen atoms in total. The number of carbonyl (C=O) groups excluding carboxylic acids is 1. The Morgan fingerprint density at radius 2 is 1.74 bits per heavy atom. The van der Waals surface area contributed by atoms with Gasteiger partial charge in [0.2, 0.25) is 0 Å². The van der Waals surface area contributed by atoms with E-state index in [0.717, 1.165) is 35.0 Å². The van der Waals surface area contributed by atoms with Crippen molar-refractivity contribution in [3.05, 3.63) is 102 Å². The standard InChI is InChI=1S/C26H17F2N3O.C2H6/c27-21-11-16(3-4-18(21)15-32)19-12-22(28)25-30-13-24(31(25)14-19)26(7-8-26)20-5-6-23-17(10-20)2-1-9-29-23;1-2/h1-6,9-15H,7-8H2;1-2H3. The molecule has 0 saturated heterocycles. The topological polar surface area (TPSA) is 47.3 Å². The number of fused-ring (bicyclic) bond motifs is 2. The van der Waals surface area contributed by atoms with Gasteiger partial charge in [0.1, 0.15) is 5.82 Å². The highest BCUT2D eigenvalue weighted by Gasteiger charge is 2.48. The van der Waals surface area contributed by atoms with Gasteiger partial charge in [-0.25, -0.2) is 13.8 Å². The van der Waals surface area contributed by atoms with Crippen molar-refractivity contribution in [3.63, 3.8) is 0 Å². The molecule has 1 fully saturated rings. The second-order valence-electron chi connectivity index (χ2n) is 8.26. The van der Waals surface area contributed by atoms with Crippen LogP contribution in [0.15, 0.2) is 73.2 Å². The summed E-state index contributed by atoms with van der Waals surface area (Å²) in [6.45, 7) is 4.00. The summed E-state index contributed by atoms with van der Waals surface area (Å²) in [6, 6.07) is 15.8. The maximum Gasteiger partial charge on any atom is 0.173 e. The van der Waals surface area contributed by atoms with E-state index in [1.54, 1.807) is 29.1 Å². The Hall–Kier alpha value is -3.93. The van der Waals surface area contributed by atoms with Crippen LogP contribution in [-0.2, 0) is 5.41 Å². The van der Waals surface area contributed by atoms with Gasteiger partial charge < -0.3 is 4.40 Å². The first kappa shape index (κ1) is 21.9. The lowest BCUT2D eigenvalue weighted by atomic mass is 9.91. The Bertz CT molecular complexity index is 1540. The Morgan fingerprint density at radius 1 is 0.941 bits per heavy atom. The van der Waals surface area contributed by atoms with Gasteiger partial charge >= 0.3 is 0 Å². The third-order valence-electron chi connectivity index (χ3n) is 6.42. The number of carbonyl (C=O) groups is 1. The number of aldehydes is 1. The number of benzene rings is 2. The molecule has 0 radical (unpaired) electrons. The Balaban J connectivity index is 0.00000117. The molecular weight excluding hydrogens is 432 g/mol. The smallest absolute Gasteiger partial charge is 0.173 e. The SMILES string of the molecule is CC.O=Cc1ccc(-c2cc(F)c3ncc(C4(c5ccc6ncccc6c5)CC4)n3c2)cc1F. The highest BCUT2D eigenvalue weighted by atomic mass is 19.1. The summed E-state index contributed by atoms with van der Waals surface area (Å²) in [5.74, 6) is -1.11. The minimum absolute atomic E-state index is 0.0265. The van der Waals surface area contributed by atoms with Crippen LogP contribution in [0.1, 0.15) is 48.3 Å². The number of hydrogen-bond acceptors (Lipinski definition) is 3. The predicted octanol–water partition coefficient (Wildman–Crippen LogP) is 6.75. The summed E-state index contributed by atoms with van der Waals surface area (Å²) in [5, 5.41) is 1.06. The summed E-state index contributed by atoms with van der Waals surface area (Å²) in [6.07, 6.45) is 7.63. The molecule has 2 aromatic carbocycles. The maximum atomic E-state index is 15.0. The normalized spacial score (nSPS) is 14.0. The molecule has 5 aromatic rings. The van der Waals surface area contributed by atoms with Crippen LogP contribution in [0.2, 0.25) is 0 Å². The molecule has 0 bridgehead atoms. The lowest BCUT2D eigenvalue weighted by molar-refractivity contribution is 0.112. The first-order valence-electron chi connectivity index (χ1n) is 11.4. The van der Waals surface area contributed by atoms with Crippen molar-refractivity contribution >= 4 is 22.8 Å². The number of nitrogens with zero attached hydrogens (tertiary/aromatic N) is 3. The van der Waals surface area contributed by atoms with Crippen molar-refractivity contribution in [1.29, 1.82) is 0 Å². The van der Waals surface area contributed by atoms with Gasteiger partial charge in [0.15, 0.2) is 17.8 Å². The Labute approximate surface area is 195 Å². The number of pyridine rings is 2. The summed E-state index contributed by atoms with van der Waals surface area (Å²) < 4.78 is 30.9. The van der Waals surface area contributed by atoms with Gasteiger partial charge in [-0.15, -0.1) is 0 Å². The quantitative estimate of drug-likeness (QED) is 0.282. The molecule has 0 N–H and O–H groups in total. The fraction of sp³-hybridized carbons (Fsp3) is 0.179. The summed E-state index contributed by atoms with van der Waals surface area (Å²) >= 11 is 0. The average molecular weight is 456 g/mol.